The summed E-state index contributed by atoms with van der Waals surface area (Å²) in [7, 11) is -3.40. The molecule has 1 rings (SSSR count). The van der Waals surface area contributed by atoms with Gasteiger partial charge in [0, 0.05) is 0 Å². The van der Waals surface area contributed by atoms with Crippen LogP contribution in [-0.4, -0.2) is 24.9 Å². The van der Waals surface area contributed by atoms with E-state index in [1.807, 2.05) is 6.92 Å². The number of hydrogen-bond donors (Lipinski definition) is 1. The Balaban J connectivity index is 2.99. The van der Waals surface area contributed by atoms with Gasteiger partial charge in [-0.3, -0.25) is 0 Å². The third-order valence-electron chi connectivity index (χ3n) is 2.64. The molecule has 0 aliphatic rings. The lowest BCUT2D eigenvalue weighted by molar-refractivity contribution is 0.0797. The van der Waals surface area contributed by atoms with Crippen molar-refractivity contribution >= 4 is 9.84 Å². The normalized spacial score (nSPS) is 15.8. The van der Waals surface area contributed by atoms with Crippen molar-refractivity contribution in [3.8, 4) is 0 Å². The quantitative estimate of drug-likeness (QED) is 0.877. The summed E-state index contributed by atoms with van der Waals surface area (Å²) in [5, 5.41) is 9.80. The zero-order valence-corrected chi connectivity index (χ0v) is 10.7. The first-order chi connectivity index (χ1) is 7.27. The fourth-order valence-electron chi connectivity index (χ4n) is 1.34. The summed E-state index contributed by atoms with van der Waals surface area (Å²) >= 11 is 0. The van der Waals surface area contributed by atoms with E-state index >= 15 is 0 Å². The number of benzene rings is 1. The van der Waals surface area contributed by atoms with Gasteiger partial charge in [0.25, 0.3) is 0 Å². The van der Waals surface area contributed by atoms with E-state index in [0.717, 1.165) is 5.56 Å². The minimum atomic E-state index is -3.40. The molecule has 1 N–H and O–H groups in total. The van der Waals surface area contributed by atoms with Crippen LogP contribution in [0.4, 0.5) is 0 Å². The SMILES string of the molecule is CCC(C)(O)CS(=O)(=O)c1ccc(C)cc1. The van der Waals surface area contributed by atoms with Gasteiger partial charge in [0.05, 0.1) is 16.2 Å². The van der Waals surface area contributed by atoms with Crippen LogP contribution in [0.15, 0.2) is 29.2 Å². The molecule has 3 nitrogen and oxygen atoms in total. The zero-order chi connectivity index (χ0) is 12.4. The number of hydrogen-bond acceptors (Lipinski definition) is 3. The lowest BCUT2D eigenvalue weighted by atomic mass is 10.1. The van der Waals surface area contributed by atoms with Crippen LogP contribution in [0.2, 0.25) is 0 Å². The number of sulfone groups is 1. The highest BCUT2D eigenvalue weighted by atomic mass is 32.2. The van der Waals surface area contributed by atoms with E-state index in [9.17, 15) is 13.5 Å². The Hall–Kier alpha value is -0.870. The number of rotatable bonds is 4. The van der Waals surface area contributed by atoms with Gasteiger partial charge in [-0.2, -0.15) is 0 Å². The van der Waals surface area contributed by atoms with Crippen LogP contribution in [0.5, 0.6) is 0 Å². The summed E-state index contributed by atoms with van der Waals surface area (Å²) in [6.07, 6.45) is 0.415. The zero-order valence-electron chi connectivity index (χ0n) is 9.90. The van der Waals surface area contributed by atoms with Gasteiger partial charge in [-0.1, -0.05) is 24.6 Å². The maximum Gasteiger partial charge on any atom is 0.181 e. The Bertz CT molecular complexity index is 444. The van der Waals surface area contributed by atoms with Crippen molar-refractivity contribution in [1.29, 1.82) is 0 Å². The first-order valence-corrected chi connectivity index (χ1v) is 6.94. The Morgan fingerprint density at radius 1 is 1.25 bits per heavy atom. The fourth-order valence-corrected chi connectivity index (χ4v) is 3.08. The predicted molar refractivity (Wildman–Crippen MR) is 64.1 cm³/mol. The minimum Gasteiger partial charge on any atom is -0.389 e. The third kappa shape index (κ3) is 3.32. The molecule has 0 spiro atoms. The van der Waals surface area contributed by atoms with Gasteiger partial charge in [-0.15, -0.1) is 0 Å². The highest BCUT2D eigenvalue weighted by Crippen LogP contribution is 2.19. The van der Waals surface area contributed by atoms with E-state index in [4.69, 9.17) is 0 Å². The molecule has 0 bridgehead atoms. The molecule has 0 aliphatic carbocycles. The molecule has 0 amide bonds. The minimum absolute atomic E-state index is 0.237. The highest BCUT2D eigenvalue weighted by Gasteiger charge is 2.27. The second-order valence-electron chi connectivity index (χ2n) is 4.42. The molecular formula is C12H18O3S. The molecule has 1 aromatic carbocycles. The molecule has 0 aliphatic heterocycles. The molecule has 16 heavy (non-hydrogen) atoms. The van der Waals surface area contributed by atoms with E-state index in [1.165, 1.54) is 0 Å². The van der Waals surface area contributed by atoms with Crippen LogP contribution >= 0.6 is 0 Å². The predicted octanol–water partition coefficient (Wildman–Crippen LogP) is 1.93. The Morgan fingerprint density at radius 2 is 1.75 bits per heavy atom. The van der Waals surface area contributed by atoms with Gasteiger partial charge >= 0.3 is 0 Å². The first kappa shape index (κ1) is 13.2. The molecular weight excluding hydrogens is 224 g/mol. The maximum absolute atomic E-state index is 12.0. The Morgan fingerprint density at radius 3 is 2.19 bits per heavy atom. The Labute approximate surface area is 97.0 Å². The largest absolute Gasteiger partial charge is 0.389 e. The molecule has 0 saturated heterocycles. The number of aliphatic hydroxyl groups is 1. The van der Waals surface area contributed by atoms with Crippen molar-refractivity contribution in [3.63, 3.8) is 0 Å². The number of aryl methyl sites for hydroxylation is 1. The van der Waals surface area contributed by atoms with Gasteiger partial charge in [-0.25, -0.2) is 8.42 Å². The van der Waals surface area contributed by atoms with Gasteiger partial charge < -0.3 is 5.11 Å². The molecule has 4 heteroatoms. The monoisotopic (exact) mass is 242 g/mol. The summed E-state index contributed by atoms with van der Waals surface area (Å²) in [6.45, 7) is 5.21. The second kappa shape index (κ2) is 4.55. The van der Waals surface area contributed by atoms with E-state index in [2.05, 4.69) is 0 Å². The molecule has 0 fully saturated rings. The van der Waals surface area contributed by atoms with Gasteiger partial charge in [-0.05, 0) is 32.4 Å². The molecule has 1 atom stereocenters. The van der Waals surface area contributed by atoms with E-state index < -0.39 is 15.4 Å². The van der Waals surface area contributed by atoms with E-state index in [1.54, 1.807) is 38.1 Å². The lowest BCUT2D eigenvalue weighted by Gasteiger charge is -2.20. The highest BCUT2D eigenvalue weighted by molar-refractivity contribution is 7.91. The molecule has 1 unspecified atom stereocenters. The standard InChI is InChI=1S/C12H18O3S/c1-4-12(3,13)9-16(14,15)11-7-5-10(2)6-8-11/h5-8,13H,4,9H2,1-3H3. The average molecular weight is 242 g/mol. The summed E-state index contributed by atoms with van der Waals surface area (Å²) in [4.78, 5) is 0.270. The van der Waals surface area contributed by atoms with Crippen molar-refractivity contribution in [2.45, 2.75) is 37.7 Å². The van der Waals surface area contributed by atoms with Crippen molar-refractivity contribution in [2.24, 2.45) is 0 Å². The lowest BCUT2D eigenvalue weighted by Crippen LogP contribution is -2.32. The summed E-state index contributed by atoms with van der Waals surface area (Å²) in [6, 6.07) is 6.67. The van der Waals surface area contributed by atoms with Gasteiger partial charge in [0.15, 0.2) is 9.84 Å². The summed E-state index contributed by atoms with van der Waals surface area (Å²) < 4.78 is 23.9. The van der Waals surface area contributed by atoms with Crippen molar-refractivity contribution < 1.29 is 13.5 Å². The molecule has 0 aromatic heterocycles. The molecule has 0 radical (unpaired) electrons. The van der Waals surface area contributed by atoms with Gasteiger partial charge in [0.2, 0.25) is 0 Å². The molecule has 90 valence electrons. The smallest absolute Gasteiger partial charge is 0.181 e. The molecule has 1 aromatic rings. The van der Waals surface area contributed by atoms with Crippen molar-refractivity contribution in [3.05, 3.63) is 29.8 Å². The van der Waals surface area contributed by atoms with Crippen LogP contribution in [0.25, 0.3) is 0 Å². The summed E-state index contributed by atoms with van der Waals surface area (Å²) in [5.74, 6) is -0.237. The maximum atomic E-state index is 12.0. The average Bonchev–Trinajstić information content (AvgIpc) is 2.17. The Kier molecular flexibility index (Phi) is 3.76. The van der Waals surface area contributed by atoms with Crippen LogP contribution in [0.3, 0.4) is 0 Å². The molecule has 0 saturated carbocycles. The van der Waals surface area contributed by atoms with Crippen LogP contribution in [0, 0.1) is 6.92 Å². The first-order valence-electron chi connectivity index (χ1n) is 5.29. The fraction of sp³-hybridized carbons (Fsp3) is 0.500. The summed E-state index contributed by atoms with van der Waals surface area (Å²) in [5.41, 5.74) is -0.148. The van der Waals surface area contributed by atoms with E-state index in [0.29, 0.717) is 6.42 Å². The van der Waals surface area contributed by atoms with Gasteiger partial charge in [0.1, 0.15) is 0 Å². The second-order valence-corrected chi connectivity index (χ2v) is 6.41. The van der Waals surface area contributed by atoms with Crippen molar-refractivity contribution in [1.82, 2.24) is 0 Å². The van der Waals surface area contributed by atoms with Crippen LogP contribution in [0.1, 0.15) is 25.8 Å². The van der Waals surface area contributed by atoms with E-state index in [-0.39, 0.29) is 10.6 Å². The third-order valence-corrected chi connectivity index (χ3v) is 4.64. The topological polar surface area (TPSA) is 54.4 Å². The molecule has 0 heterocycles. The van der Waals surface area contributed by atoms with Crippen LogP contribution < -0.4 is 0 Å². The van der Waals surface area contributed by atoms with Crippen molar-refractivity contribution in [2.75, 3.05) is 5.75 Å². The van der Waals surface area contributed by atoms with Crippen LogP contribution in [-0.2, 0) is 9.84 Å².